The highest BCUT2D eigenvalue weighted by atomic mass is 19.1. The number of benzene rings is 1. The van der Waals surface area contributed by atoms with E-state index in [1.54, 1.807) is 18.2 Å². The van der Waals surface area contributed by atoms with E-state index < -0.39 is 6.04 Å². The van der Waals surface area contributed by atoms with Crippen LogP contribution < -0.4 is 0 Å². The van der Waals surface area contributed by atoms with Crippen LogP contribution in [0.3, 0.4) is 0 Å². The van der Waals surface area contributed by atoms with E-state index in [0.29, 0.717) is 18.5 Å². The number of methoxy groups -OCH3 is 1. The molecule has 0 aromatic heterocycles. The Bertz CT molecular complexity index is 556. The molecule has 1 heterocycles. The van der Waals surface area contributed by atoms with Crippen molar-refractivity contribution in [2.45, 2.75) is 25.3 Å². The molecule has 1 aliphatic heterocycles. The minimum absolute atomic E-state index is 0.255. The molecule has 0 N–H and O–H groups in total. The van der Waals surface area contributed by atoms with E-state index in [1.807, 2.05) is 0 Å². The summed E-state index contributed by atoms with van der Waals surface area (Å²) in [6.07, 6.45) is 5.31. The first-order valence-electron chi connectivity index (χ1n) is 6.94. The monoisotopic (exact) mass is 291 g/mol. The number of hydrogen-bond acceptors (Lipinski definition) is 3. The first-order chi connectivity index (χ1) is 10.1. The summed E-state index contributed by atoms with van der Waals surface area (Å²) in [7, 11) is 1.32. The van der Waals surface area contributed by atoms with E-state index in [-0.39, 0.29) is 17.7 Å². The smallest absolute Gasteiger partial charge is 0.328 e. The van der Waals surface area contributed by atoms with Crippen molar-refractivity contribution in [2.75, 3.05) is 13.7 Å². The second kappa shape index (κ2) is 7.02. The fraction of sp³-hybridized carbons (Fsp3) is 0.375. The lowest BCUT2D eigenvalue weighted by molar-refractivity contribution is -0.153. The topological polar surface area (TPSA) is 46.6 Å². The third-order valence-corrected chi connectivity index (χ3v) is 3.53. The van der Waals surface area contributed by atoms with Gasteiger partial charge in [0.25, 0.3) is 0 Å². The predicted octanol–water partition coefficient (Wildman–Crippen LogP) is 2.39. The summed E-state index contributed by atoms with van der Waals surface area (Å²) in [4.78, 5) is 25.5. The summed E-state index contributed by atoms with van der Waals surface area (Å²) in [6.45, 7) is 0.534. The van der Waals surface area contributed by atoms with E-state index in [9.17, 15) is 14.0 Å². The van der Waals surface area contributed by atoms with Crippen molar-refractivity contribution in [3.63, 3.8) is 0 Å². The minimum atomic E-state index is -0.520. The Morgan fingerprint density at radius 1 is 1.38 bits per heavy atom. The van der Waals surface area contributed by atoms with Gasteiger partial charge in [-0.2, -0.15) is 0 Å². The molecule has 1 atom stereocenters. The van der Waals surface area contributed by atoms with E-state index in [1.165, 1.54) is 30.2 Å². The van der Waals surface area contributed by atoms with E-state index in [0.717, 1.165) is 12.8 Å². The number of carbonyl (C=O) groups is 2. The van der Waals surface area contributed by atoms with Crippen molar-refractivity contribution in [3.8, 4) is 0 Å². The predicted molar refractivity (Wildman–Crippen MR) is 76.8 cm³/mol. The number of nitrogens with zero attached hydrogens (tertiary/aromatic N) is 1. The molecule has 1 unspecified atom stereocenters. The van der Waals surface area contributed by atoms with Gasteiger partial charge in [0, 0.05) is 12.6 Å². The number of piperidine rings is 1. The molecular formula is C16H18FNO3. The van der Waals surface area contributed by atoms with Crippen LogP contribution in [0.25, 0.3) is 6.08 Å². The van der Waals surface area contributed by atoms with Gasteiger partial charge in [-0.25, -0.2) is 9.18 Å². The number of hydrogen-bond donors (Lipinski definition) is 0. The van der Waals surface area contributed by atoms with Gasteiger partial charge >= 0.3 is 5.97 Å². The van der Waals surface area contributed by atoms with Crippen LogP contribution in [0.1, 0.15) is 24.8 Å². The van der Waals surface area contributed by atoms with Crippen molar-refractivity contribution in [1.82, 2.24) is 4.90 Å². The van der Waals surface area contributed by atoms with Gasteiger partial charge in [-0.05, 0) is 43.0 Å². The molecular weight excluding hydrogens is 273 g/mol. The van der Waals surface area contributed by atoms with Gasteiger partial charge < -0.3 is 9.64 Å². The average Bonchev–Trinajstić information content (AvgIpc) is 2.52. The SMILES string of the molecule is COC(=O)C1CCCCN1C(=O)/C=C/c1cccc(F)c1. The number of halogens is 1. The number of ether oxygens (including phenoxy) is 1. The van der Waals surface area contributed by atoms with Crippen molar-refractivity contribution < 1.29 is 18.7 Å². The Kier molecular flexibility index (Phi) is 5.09. The molecule has 112 valence electrons. The average molecular weight is 291 g/mol. The number of amides is 1. The molecule has 0 saturated carbocycles. The maximum atomic E-state index is 13.1. The maximum Gasteiger partial charge on any atom is 0.328 e. The van der Waals surface area contributed by atoms with Crippen LogP contribution >= 0.6 is 0 Å². The zero-order valence-corrected chi connectivity index (χ0v) is 11.9. The highest BCUT2D eigenvalue weighted by molar-refractivity contribution is 5.94. The molecule has 1 aromatic carbocycles. The van der Waals surface area contributed by atoms with Gasteiger partial charge in [-0.3, -0.25) is 4.79 Å². The second-order valence-corrected chi connectivity index (χ2v) is 4.95. The molecule has 1 amide bonds. The third kappa shape index (κ3) is 3.90. The molecule has 21 heavy (non-hydrogen) atoms. The molecule has 2 rings (SSSR count). The van der Waals surface area contributed by atoms with E-state index in [2.05, 4.69) is 0 Å². The van der Waals surface area contributed by atoms with Crippen molar-refractivity contribution in [3.05, 3.63) is 41.7 Å². The molecule has 1 fully saturated rings. The lowest BCUT2D eigenvalue weighted by atomic mass is 10.0. The van der Waals surface area contributed by atoms with Crippen molar-refractivity contribution in [2.24, 2.45) is 0 Å². The van der Waals surface area contributed by atoms with E-state index in [4.69, 9.17) is 4.74 Å². The molecule has 0 radical (unpaired) electrons. The van der Waals surface area contributed by atoms with Crippen LogP contribution in [0.15, 0.2) is 30.3 Å². The van der Waals surface area contributed by atoms with Gasteiger partial charge in [-0.15, -0.1) is 0 Å². The summed E-state index contributed by atoms with van der Waals surface area (Å²) in [6, 6.07) is 5.46. The van der Waals surface area contributed by atoms with E-state index >= 15 is 0 Å². The largest absolute Gasteiger partial charge is 0.467 e. The number of esters is 1. The van der Waals surface area contributed by atoms with Crippen LogP contribution in [-0.4, -0.2) is 36.5 Å². The molecule has 0 spiro atoms. The van der Waals surface area contributed by atoms with Gasteiger partial charge in [0.15, 0.2) is 0 Å². The number of likely N-dealkylation sites (tertiary alicyclic amines) is 1. The summed E-state index contributed by atoms with van der Waals surface area (Å²) in [5.74, 6) is -0.994. The summed E-state index contributed by atoms with van der Waals surface area (Å²) >= 11 is 0. The Balaban J connectivity index is 2.08. The minimum Gasteiger partial charge on any atom is -0.467 e. The molecule has 0 bridgehead atoms. The molecule has 0 aliphatic carbocycles. The Morgan fingerprint density at radius 3 is 2.90 bits per heavy atom. The molecule has 1 saturated heterocycles. The summed E-state index contributed by atoms with van der Waals surface area (Å²) in [5, 5.41) is 0. The molecule has 5 heteroatoms. The Labute approximate surface area is 123 Å². The van der Waals surface area contributed by atoms with Crippen LogP contribution in [0, 0.1) is 5.82 Å². The zero-order chi connectivity index (χ0) is 15.2. The lowest BCUT2D eigenvalue weighted by Gasteiger charge is -2.32. The highest BCUT2D eigenvalue weighted by Crippen LogP contribution is 2.19. The van der Waals surface area contributed by atoms with Crippen LogP contribution in [0.4, 0.5) is 4.39 Å². The molecule has 4 nitrogen and oxygen atoms in total. The van der Waals surface area contributed by atoms with Gasteiger partial charge in [-0.1, -0.05) is 12.1 Å². The second-order valence-electron chi connectivity index (χ2n) is 4.95. The van der Waals surface area contributed by atoms with Crippen LogP contribution in [-0.2, 0) is 14.3 Å². The lowest BCUT2D eigenvalue weighted by Crippen LogP contribution is -2.47. The van der Waals surface area contributed by atoms with Crippen molar-refractivity contribution in [1.29, 1.82) is 0 Å². The normalized spacial score (nSPS) is 18.8. The maximum absolute atomic E-state index is 13.1. The standard InChI is InChI=1S/C16H18FNO3/c1-21-16(20)14-7-2-3-10-18(14)15(19)9-8-12-5-4-6-13(17)11-12/h4-6,8-9,11,14H,2-3,7,10H2,1H3/b9-8+. The van der Waals surface area contributed by atoms with Gasteiger partial charge in [0.05, 0.1) is 7.11 Å². The summed E-state index contributed by atoms with van der Waals surface area (Å²) in [5.41, 5.74) is 0.606. The van der Waals surface area contributed by atoms with Crippen molar-refractivity contribution >= 4 is 18.0 Å². The molecule has 1 aliphatic rings. The first kappa shape index (κ1) is 15.2. The zero-order valence-electron chi connectivity index (χ0n) is 11.9. The van der Waals surface area contributed by atoms with Crippen LogP contribution in [0.5, 0.6) is 0 Å². The van der Waals surface area contributed by atoms with Gasteiger partial charge in [0.1, 0.15) is 11.9 Å². The highest BCUT2D eigenvalue weighted by Gasteiger charge is 2.31. The Morgan fingerprint density at radius 2 is 2.19 bits per heavy atom. The fourth-order valence-corrected chi connectivity index (χ4v) is 2.45. The number of rotatable bonds is 3. The molecule has 1 aromatic rings. The summed E-state index contributed by atoms with van der Waals surface area (Å²) < 4.78 is 17.8. The van der Waals surface area contributed by atoms with Crippen LogP contribution in [0.2, 0.25) is 0 Å². The van der Waals surface area contributed by atoms with Gasteiger partial charge in [0.2, 0.25) is 5.91 Å². The Hall–Kier alpha value is -2.17. The first-order valence-corrected chi connectivity index (χ1v) is 6.94. The quantitative estimate of drug-likeness (QED) is 0.634. The fourth-order valence-electron chi connectivity index (χ4n) is 2.45. The number of carbonyl (C=O) groups excluding carboxylic acids is 2. The third-order valence-electron chi connectivity index (χ3n) is 3.53.